The first kappa shape index (κ1) is 14.1. The zero-order valence-corrected chi connectivity index (χ0v) is 12.8. The number of piperidine rings is 3. The van der Waals surface area contributed by atoms with E-state index in [2.05, 4.69) is 20.5 Å². The van der Waals surface area contributed by atoms with Crippen LogP contribution < -0.4 is 11.1 Å². The van der Waals surface area contributed by atoms with E-state index in [1.165, 1.54) is 0 Å². The molecule has 7 nitrogen and oxygen atoms in total. The zero-order valence-electron chi connectivity index (χ0n) is 12.8. The van der Waals surface area contributed by atoms with Gasteiger partial charge in [-0.25, -0.2) is 0 Å². The van der Waals surface area contributed by atoms with Gasteiger partial charge in [0, 0.05) is 31.4 Å². The van der Waals surface area contributed by atoms with Crippen molar-refractivity contribution in [3.8, 4) is 0 Å². The number of hydrogen-bond acceptors (Lipinski definition) is 5. The van der Waals surface area contributed by atoms with Crippen LogP contribution in [0.4, 0.5) is 0 Å². The summed E-state index contributed by atoms with van der Waals surface area (Å²) in [4.78, 5) is 14.8. The highest BCUT2D eigenvalue weighted by atomic mass is 16.2. The summed E-state index contributed by atoms with van der Waals surface area (Å²) >= 11 is 0. The van der Waals surface area contributed by atoms with Crippen molar-refractivity contribution in [3.63, 3.8) is 0 Å². The highest BCUT2D eigenvalue weighted by Gasteiger charge is 2.44. The fourth-order valence-electron chi connectivity index (χ4n) is 3.90. The Morgan fingerprint density at radius 3 is 2.91 bits per heavy atom. The van der Waals surface area contributed by atoms with Gasteiger partial charge >= 0.3 is 0 Å². The van der Waals surface area contributed by atoms with Crippen molar-refractivity contribution in [2.24, 2.45) is 17.6 Å². The molecule has 3 aliphatic heterocycles. The lowest BCUT2D eigenvalue weighted by Crippen LogP contribution is -2.58. The topological polar surface area (TPSA) is 89.1 Å². The van der Waals surface area contributed by atoms with Crippen LogP contribution in [0, 0.1) is 11.8 Å². The molecule has 1 saturated carbocycles. The maximum Gasteiger partial charge on any atom is 0.224 e. The summed E-state index contributed by atoms with van der Waals surface area (Å²) < 4.78 is 1.90. The molecule has 4 fully saturated rings. The summed E-state index contributed by atoms with van der Waals surface area (Å²) in [6.07, 6.45) is 6.47. The van der Waals surface area contributed by atoms with Gasteiger partial charge in [0.15, 0.2) is 0 Å². The number of aromatic nitrogens is 3. The second-order valence-electron chi connectivity index (χ2n) is 6.96. The number of carbonyl (C=O) groups excluding carboxylic acids is 1. The van der Waals surface area contributed by atoms with Crippen LogP contribution in [-0.4, -0.2) is 51.0 Å². The van der Waals surface area contributed by atoms with Crippen LogP contribution >= 0.6 is 0 Å². The molecule has 5 rings (SSSR count). The molecule has 1 aromatic rings. The van der Waals surface area contributed by atoms with Gasteiger partial charge in [-0.2, -0.15) is 0 Å². The number of amides is 1. The number of hydrogen-bond donors (Lipinski definition) is 2. The molecule has 3 saturated heterocycles. The minimum absolute atomic E-state index is 0.181. The van der Waals surface area contributed by atoms with E-state index in [-0.39, 0.29) is 11.8 Å². The van der Waals surface area contributed by atoms with Crippen molar-refractivity contribution in [2.45, 2.75) is 50.9 Å². The first-order valence-electron chi connectivity index (χ1n) is 8.36. The molecule has 4 atom stereocenters. The van der Waals surface area contributed by atoms with E-state index < -0.39 is 0 Å². The van der Waals surface area contributed by atoms with Crippen molar-refractivity contribution >= 4 is 5.91 Å². The third kappa shape index (κ3) is 2.75. The van der Waals surface area contributed by atoms with Crippen LogP contribution in [0.1, 0.15) is 31.4 Å². The first-order valence-corrected chi connectivity index (χ1v) is 8.36. The van der Waals surface area contributed by atoms with Gasteiger partial charge in [-0.05, 0) is 38.1 Å². The normalized spacial score (nSPS) is 33.9. The molecule has 3 N–H and O–H groups in total. The van der Waals surface area contributed by atoms with Gasteiger partial charge in [-0.3, -0.25) is 14.4 Å². The molecule has 4 aliphatic rings. The van der Waals surface area contributed by atoms with Crippen LogP contribution in [0.2, 0.25) is 0 Å². The molecule has 7 heteroatoms. The predicted molar refractivity (Wildman–Crippen MR) is 80.7 cm³/mol. The van der Waals surface area contributed by atoms with Crippen molar-refractivity contribution in [1.82, 2.24) is 25.2 Å². The summed E-state index contributed by atoms with van der Waals surface area (Å²) in [6, 6.07) is 0.930. The molecule has 0 aromatic carbocycles. The molecule has 120 valence electrons. The van der Waals surface area contributed by atoms with Crippen molar-refractivity contribution in [2.75, 3.05) is 13.1 Å². The summed E-state index contributed by atoms with van der Waals surface area (Å²) in [5, 5.41) is 11.4. The third-order valence-corrected chi connectivity index (χ3v) is 5.33. The fourth-order valence-corrected chi connectivity index (χ4v) is 3.90. The molecule has 1 aliphatic carbocycles. The molecule has 1 amide bonds. The van der Waals surface area contributed by atoms with E-state index in [0.29, 0.717) is 24.5 Å². The van der Waals surface area contributed by atoms with Crippen molar-refractivity contribution in [1.29, 1.82) is 0 Å². The molecule has 2 bridgehead atoms. The monoisotopic (exact) mass is 304 g/mol. The summed E-state index contributed by atoms with van der Waals surface area (Å²) in [5.74, 6) is 0.981. The standard InChI is InChI=1S/C15H24N6O/c16-6-12-7-21(19-18-12)8-13-5-10-3-4-20(13)9-14(10)15(22)17-11-1-2-11/h7,10-11,13-14H,1-6,8-9,16H2,(H,17,22). The molecule has 4 unspecified atom stereocenters. The lowest BCUT2D eigenvalue weighted by Gasteiger charge is -2.49. The second kappa shape index (κ2) is 5.62. The van der Waals surface area contributed by atoms with Gasteiger partial charge in [0.2, 0.25) is 5.91 Å². The fraction of sp³-hybridized carbons (Fsp3) is 0.800. The lowest BCUT2D eigenvalue weighted by atomic mass is 9.75. The number of nitrogens with one attached hydrogen (secondary N) is 1. The maximum atomic E-state index is 12.4. The molecular weight excluding hydrogens is 280 g/mol. The van der Waals surface area contributed by atoms with E-state index in [1.807, 2.05) is 10.9 Å². The van der Waals surface area contributed by atoms with Crippen molar-refractivity contribution in [3.05, 3.63) is 11.9 Å². The Morgan fingerprint density at radius 2 is 2.27 bits per heavy atom. The van der Waals surface area contributed by atoms with Crippen LogP contribution in [0.15, 0.2) is 6.20 Å². The Bertz CT molecular complexity index is 554. The molecule has 0 radical (unpaired) electrons. The largest absolute Gasteiger partial charge is 0.353 e. The zero-order chi connectivity index (χ0) is 15.1. The highest BCUT2D eigenvalue weighted by molar-refractivity contribution is 5.80. The number of carbonyl (C=O) groups is 1. The van der Waals surface area contributed by atoms with Gasteiger partial charge < -0.3 is 11.1 Å². The Labute approximate surface area is 130 Å². The number of nitrogens with zero attached hydrogens (tertiary/aromatic N) is 4. The average Bonchev–Trinajstić information content (AvgIpc) is 3.24. The van der Waals surface area contributed by atoms with Crippen LogP contribution in [0.5, 0.6) is 0 Å². The molecule has 22 heavy (non-hydrogen) atoms. The van der Waals surface area contributed by atoms with Gasteiger partial charge in [0.1, 0.15) is 0 Å². The van der Waals surface area contributed by atoms with E-state index in [1.54, 1.807) is 0 Å². The molecular formula is C15H24N6O. The van der Waals surface area contributed by atoms with E-state index >= 15 is 0 Å². The van der Waals surface area contributed by atoms with E-state index in [4.69, 9.17) is 5.73 Å². The summed E-state index contributed by atoms with van der Waals surface area (Å²) in [6.45, 7) is 3.27. The molecule has 0 spiro atoms. The Balaban J connectivity index is 1.38. The molecule has 1 aromatic heterocycles. The lowest BCUT2D eigenvalue weighted by molar-refractivity contribution is -0.133. The first-order chi connectivity index (χ1) is 10.7. The van der Waals surface area contributed by atoms with Gasteiger partial charge in [-0.15, -0.1) is 5.10 Å². The molecule has 4 heterocycles. The summed E-state index contributed by atoms with van der Waals surface area (Å²) in [7, 11) is 0. The van der Waals surface area contributed by atoms with Gasteiger partial charge in [0.05, 0.1) is 18.2 Å². The van der Waals surface area contributed by atoms with E-state index in [9.17, 15) is 4.79 Å². The highest BCUT2D eigenvalue weighted by Crippen LogP contribution is 2.37. The SMILES string of the molecule is NCc1cn(CC2CC3CCN2CC3C(=O)NC2CC2)nn1. The Hall–Kier alpha value is -1.47. The van der Waals surface area contributed by atoms with Crippen LogP contribution in [0.25, 0.3) is 0 Å². The maximum absolute atomic E-state index is 12.4. The Morgan fingerprint density at radius 1 is 1.41 bits per heavy atom. The Kier molecular flexibility index (Phi) is 3.62. The van der Waals surface area contributed by atoms with Crippen LogP contribution in [-0.2, 0) is 17.9 Å². The van der Waals surface area contributed by atoms with E-state index in [0.717, 1.165) is 51.0 Å². The predicted octanol–water partition coefficient (Wildman–Crippen LogP) is -0.274. The smallest absolute Gasteiger partial charge is 0.224 e. The third-order valence-electron chi connectivity index (χ3n) is 5.33. The number of fused-ring (bicyclic) bond motifs is 3. The van der Waals surface area contributed by atoms with Gasteiger partial charge in [-0.1, -0.05) is 5.21 Å². The van der Waals surface area contributed by atoms with Crippen molar-refractivity contribution < 1.29 is 4.79 Å². The summed E-state index contributed by atoms with van der Waals surface area (Å²) in [5.41, 5.74) is 6.41. The number of rotatable bonds is 5. The van der Waals surface area contributed by atoms with Gasteiger partial charge in [0.25, 0.3) is 0 Å². The minimum Gasteiger partial charge on any atom is -0.353 e. The average molecular weight is 304 g/mol. The second-order valence-corrected chi connectivity index (χ2v) is 6.96. The number of nitrogens with two attached hydrogens (primary N) is 1. The van der Waals surface area contributed by atoms with Crippen LogP contribution in [0.3, 0.4) is 0 Å². The minimum atomic E-state index is 0.181. The quantitative estimate of drug-likeness (QED) is 0.781.